The highest BCUT2D eigenvalue weighted by atomic mass is 19.1. The summed E-state index contributed by atoms with van der Waals surface area (Å²) < 4.78 is 31.2. The predicted molar refractivity (Wildman–Crippen MR) is 123 cm³/mol. The number of ether oxygens (including phenoxy) is 2. The monoisotopic (exact) mass is 458 g/mol. The normalized spacial score (nSPS) is 12.1. The molecule has 0 amide bonds. The third kappa shape index (κ3) is 5.85. The number of benzene rings is 1. The van der Waals surface area contributed by atoms with Crippen LogP contribution in [0.2, 0.25) is 0 Å². The van der Waals surface area contributed by atoms with Crippen molar-refractivity contribution in [2.24, 2.45) is 0 Å². The van der Waals surface area contributed by atoms with Gasteiger partial charge in [-0.3, -0.25) is 0 Å². The molecule has 0 fully saturated rings. The second-order valence-corrected chi connectivity index (χ2v) is 7.89. The Balaban J connectivity index is 2.04. The first kappa shape index (κ1) is 24.6. The molecule has 33 heavy (non-hydrogen) atoms. The highest BCUT2D eigenvalue weighted by Crippen LogP contribution is 2.35. The standard InChI is InChI=1S/C24H31FN4O4/c1-6-7-10-31-24-14(2)22(21-15(3)29-33-16(21)4)27-23(28-24)17-8-9-19(25)20(11-17)32-13-18(30)12-26-5/h8-9,11,18,26,30H,6-7,10,12-13H2,1-5H3. The SMILES string of the molecule is CCCCOc1nc(-c2ccc(F)c(OCC(O)CNC)c2)nc(-c2c(C)noc2C)c1C. The van der Waals surface area contributed by atoms with E-state index in [1.165, 1.54) is 12.1 Å². The maximum absolute atomic E-state index is 14.4. The summed E-state index contributed by atoms with van der Waals surface area (Å²) in [5.41, 5.74) is 3.48. The zero-order valence-electron chi connectivity index (χ0n) is 19.7. The predicted octanol–water partition coefficient (Wildman–Crippen LogP) is 4.00. The minimum absolute atomic E-state index is 0.0131. The Labute approximate surface area is 193 Å². The van der Waals surface area contributed by atoms with Gasteiger partial charge < -0.3 is 24.4 Å². The quantitative estimate of drug-likeness (QED) is 0.416. The van der Waals surface area contributed by atoms with Crippen molar-refractivity contribution >= 4 is 0 Å². The molecule has 3 aromatic rings. The lowest BCUT2D eigenvalue weighted by Gasteiger charge is -2.15. The summed E-state index contributed by atoms with van der Waals surface area (Å²) in [7, 11) is 1.72. The maximum atomic E-state index is 14.4. The summed E-state index contributed by atoms with van der Waals surface area (Å²) in [6.45, 7) is 8.47. The minimum Gasteiger partial charge on any atom is -0.488 e. The van der Waals surface area contributed by atoms with Crippen molar-refractivity contribution in [2.45, 2.75) is 46.6 Å². The first-order chi connectivity index (χ1) is 15.8. The van der Waals surface area contributed by atoms with Crippen molar-refractivity contribution < 1.29 is 23.5 Å². The number of aliphatic hydroxyl groups is 1. The molecule has 0 aliphatic carbocycles. The highest BCUT2D eigenvalue weighted by Gasteiger charge is 2.21. The molecule has 1 atom stereocenters. The van der Waals surface area contributed by atoms with Crippen molar-refractivity contribution in [3.05, 3.63) is 41.0 Å². The Morgan fingerprint density at radius 3 is 2.64 bits per heavy atom. The molecule has 8 nitrogen and oxygen atoms in total. The van der Waals surface area contributed by atoms with Crippen LogP contribution in [0, 0.1) is 26.6 Å². The lowest BCUT2D eigenvalue weighted by molar-refractivity contribution is 0.106. The molecule has 2 heterocycles. The number of hydrogen-bond donors (Lipinski definition) is 2. The van der Waals surface area contributed by atoms with Crippen LogP contribution >= 0.6 is 0 Å². The molecule has 2 aromatic heterocycles. The van der Waals surface area contributed by atoms with Gasteiger partial charge in [-0.2, -0.15) is 4.98 Å². The number of hydrogen-bond acceptors (Lipinski definition) is 8. The number of halogens is 1. The van der Waals surface area contributed by atoms with Crippen molar-refractivity contribution in [1.82, 2.24) is 20.4 Å². The first-order valence-electron chi connectivity index (χ1n) is 11.1. The molecular weight excluding hydrogens is 427 g/mol. The van der Waals surface area contributed by atoms with Gasteiger partial charge in [-0.05, 0) is 52.4 Å². The summed E-state index contributed by atoms with van der Waals surface area (Å²) in [5.74, 6) is 0.941. The summed E-state index contributed by atoms with van der Waals surface area (Å²) in [5, 5.41) is 16.8. The van der Waals surface area contributed by atoms with Crippen LogP contribution in [0.3, 0.4) is 0 Å². The molecule has 0 radical (unpaired) electrons. The van der Waals surface area contributed by atoms with Crippen molar-refractivity contribution in [1.29, 1.82) is 0 Å². The molecule has 1 unspecified atom stereocenters. The van der Waals surface area contributed by atoms with Crippen LogP contribution in [-0.4, -0.2) is 53.1 Å². The van der Waals surface area contributed by atoms with Crippen molar-refractivity contribution in [2.75, 3.05) is 26.8 Å². The summed E-state index contributed by atoms with van der Waals surface area (Å²) in [6, 6.07) is 4.41. The molecule has 0 spiro atoms. The van der Waals surface area contributed by atoms with Gasteiger partial charge in [0.1, 0.15) is 18.5 Å². The van der Waals surface area contributed by atoms with E-state index in [0.717, 1.165) is 24.0 Å². The summed E-state index contributed by atoms with van der Waals surface area (Å²) in [6.07, 6.45) is 1.12. The molecule has 9 heteroatoms. The summed E-state index contributed by atoms with van der Waals surface area (Å²) in [4.78, 5) is 9.38. The Hall–Kier alpha value is -3.04. The van der Waals surface area contributed by atoms with Crippen LogP contribution in [0.1, 0.15) is 36.8 Å². The molecule has 3 rings (SSSR count). The van der Waals surface area contributed by atoms with E-state index in [4.69, 9.17) is 19.0 Å². The van der Waals surface area contributed by atoms with Crippen LogP contribution < -0.4 is 14.8 Å². The fourth-order valence-electron chi connectivity index (χ4n) is 3.38. The van der Waals surface area contributed by atoms with Crippen LogP contribution in [0.4, 0.5) is 4.39 Å². The first-order valence-corrected chi connectivity index (χ1v) is 11.1. The molecule has 0 aliphatic heterocycles. The molecule has 0 saturated carbocycles. The fraction of sp³-hybridized carbons (Fsp3) is 0.458. The third-order valence-corrected chi connectivity index (χ3v) is 5.17. The number of aromatic nitrogens is 3. The van der Waals surface area contributed by atoms with Gasteiger partial charge in [0.05, 0.1) is 23.6 Å². The Morgan fingerprint density at radius 1 is 1.18 bits per heavy atom. The van der Waals surface area contributed by atoms with Crippen molar-refractivity contribution in [3.63, 3.8) is 0 Å². The van der Waals surface area contributed by atoms with Gasteiger partial charge in [0.15, 0.2) is 17.4 Å². The molecule has 0 aliphatic rings. The molecular formula is C24H31FN4O4. The van der Waals surface area contributed by atoms with E-state index in [1.807, 2.05) is 20.8 Å². The van der Waals surface area contributed by atoms with Gasteiger partial charge in [-0.15, -0.1) is 0 Å². The van der Waals surface area contributed by atoms with Crippen LogP contribution in [-0.2, 0) is 0 Å². The zero-order valence-corrected chi connectivity index (χ0v) is 19.7. The molecule has 0 saturated heterocycles. The van der Waals surface area contributed by atoms with E-state index >= 15 is 0 Å². The lowest BCUT2D eigenvalue weighted by atomic mass is 10.1. The smallest absolute Gasteiger partial charge is 0.220 e. The van der Waals surface area contributed by atoms with E-state index in [2.05, 4.69) is 22.4 Å². The Kier molecular flexibility index (Phi) is 8.35. The number of nitrogens with one attached hydrogen (secondary N) is 1. The van der Waals surface area contributed by atoms with E-state index in [9.17, 15) is 9.50 Å². The van der Waals surface area contributed by atoms with E-state index < -0.39 is 11.9 Å². The number of rotatable bonds is 11. The number of aliphatic hydroxyl groups excluding tert-OH is 1. The average molecular weight is 459 g/mol. The molecule has 1 aromatic carbocycles. The van der Waals surface area contributed by atoms with Gasteiger partial charge in [0, 0.05) is 17.7 Å². The maximum Gasteiger partial charge on any atom is 0.220 e. The molecule has 2 N–H and O–H groups in total. The van der Waals surface area contributed by atoms with E-state index in [1.54, 1.807) is 13.1 Å². The second-order valence-electron chi connectivity index (χ2n) is 7.89. The number of unbranched alkanes of at least 4 members (excludes halogenated alkanes) is 1. The number of likely N-dealkylation sites (N-methyl/N-ethyl adjacent to an activating group) is 1. The largest absolute Gasteiger partial charge is 0.488 e. The topological polar surface area (TPSA) is 103 Å². The lowest BCUT2D eigenvalue weighted by Crippen LogP contribution is -2.29. The number of aryl methyl sites for hydroxylation is 2. The van der Waals surface area contributed by atoms with Crippen LogP contribution in [0.5, 0.6) is 11.6 Å². The van der Waals surface area contributed by atoms with Gasteiger partial charge in [0.25, 0.3) is 0 Å². The van der Waals surface area contributed by atoms with E-state index in [0.29, 0.717) is 47.6 Å². The Bertz CT molecular complexity index is 1070. The van der Waals surface area contributed by atoms with E-state index in [-0.39, 0.29) is 12.4 Å². The minimum atomic E-state index is -0.765. The summed E-state index contributed by atoms with van der Waals surface area (Å²) >= 11 is 0. The zero-order chi connectivity index (χ0) is 24.0. The highest BCUT2D eigenvalue weighted by molar-refractivity contribution is 5.71. The van der Waals surface area contributed by atoms with Gasteiger partial charge in [-0.1, -0.05) is 18.5 Å². The van der Waals surface area contributed by atoms with Gasteiger partial charge in [0.2, 0.25) is 5.88 Å². The number of nitrogens with zero attached hydrogens (tertiary/aromatic N) is 3. The van der Waals surface area contributed by atoms with Gasteiger partial charge in [-0.25, -0.2) is 9.37 Å². The van der Waals surface area contributed by atoms with Gasteiger partial charge >= 0.3 is 0 Å². The fourth-order valence-corrected chi connectivity index (χ4v) is 3.38. The second kappa shape index (κ2) is 11.2. The van der Waals surface area contributed by atoms with Crippen LogP contribution in [0.15, 0.2) is 22.7 Å². The molecule has 0 bridgehead atoms. The third-order valence-electron chi connectivity index (χ3n) is 5.17. The van der Waals surface area contributed by atoms with Crippen LogP contribution in [0.25, 0.3) is 22.6 Å². The van der Waals surface area contributed by atoms with Crippen molar-refractivity contribution in [3.8, 4) is 34.3 Å². The average Bonchev–Trinajstić information content (AvgIpc) is 3.12. The Morgan fingerprint density at radius 2 is 1.97 bits per heavy atom. The molecule has 178 valence electrons.